The first-order chi connectivity index (χ1) is 13.5. The first-order valence-electron chi connectivity index (χ1n) is 9.14. The molecule has 0 aliphatic heterocycles. The van der Waals surface area contributed by atoms with Crippen molar-refractivity contribution in [2.24, 2.45) is 0 Å². The standard InChI is InChI=1S/C21H24ClN3O2S/c1-13-12-15(22)8-9-19(13)27-14(2)21(26)25-18(10-11-28-3)20-23-16-6-4-5-7-17(16)24-20/h4-9,12,14,18H,10-11H2,1-3H3,(H,23,24)(H,25,26). The SMILES string of the molecule is CSCCC(NC(=O)C(C)Oc1ccc(Cl)cc1C)c1nc2ccccc2[nH]1. The normalized spacial score (nSPS) is 13.3. The van der Waals surface area contributed by atoms with Gasteiger partial charge in [-0.1, -0.05) is 23.7 Å². The fourth-order valence-corrected chi connectivity index (χ4v) is 3.63. The van der Waals surface area contributed by atoms with Gasteiger partial charge in [0.25, 0.3) is 5.91 Å². The molecule has 2 unspecified atom stereocenters. The Morgan fingerprint density at radius 2 is 2.11 bits per heavy atom. The van der Waals surface area contributed by atoms with Crippen LogP contribution in [0.15, 0.2) is 42.5 Å². The van der Waals surface area contributed by atoms with Gasteiger partial charge in [0.2, 0.25) is 0 Å². The van der Waals surface area contributed by atoms with Crippen molar-refractivity contribution in [3.8, 4) is 5.75 Å². The van der Waals surface area contributed by atoms with Crippen molar-refractivity contribution in [1.29, 1.82) is 0 Å². The van der Waals surface area contributed by atoms with Crippen LogP contribution in [0.5, 0.6) is 5.75 Å². The number of fused-ring (bicyclic) bond motifs is 1. The molecule has 0 aliphatic rings. The van der Waals surface area contributed by atoms with Crippen molar-refractivity contribution in [2.75, 3.05) is 12.0 Å². The summed E-state index contributed by atoms with van der Waals surface area (Å²) in [7, 11) is 0. The topological polar surface area (TPSA) is 67.0 Å². The highest BCUT2D eigenvalue weighted by Gasteiger charge is 2.23. The first-order valence-corrected chi connectivity index (χ1v) is 10.9. The highest BCUT2D eigenvalue weighted by atomic mass is 35.5. The van der Waals surface area contributed by atoms with E-state index in [1.807, 2.05) is 43.5 Å². The monoisotopic (exact) mass is 417 g/mol. The summed E-state index contributed by atoms with van der Waals surface area (Å²) in [5.74, 6) is 2.14. The molecule has 0 saturated carbocycles. The lowest BCUT2D eigenvalue weighted by Gasteiger charge is -2.21. The number of rotatable bonds is 8. The number of thioether (sulfide) groups is 1. The van der Waals surface area contributed by atoms with Gasteiger partial charge in [-0.3, -0.25) is 4.79 Å². The molecule has 0 spiro atoms. The second-order valence-corrected chi connectivity index (χ2v) is 8.07. The van der Waals surface area contributed by atoms with Gasteiger partial charge in [0.05, 0.1) is 17.1 Å². The molecule has 0 saturated heterocycles. The summed E-state index contributed by atoms with van der Waals surface area (Å²) < 4.78 is 5.86. The van der Waals surface area contributed by atoms with Crippen LogP contribution in [0.4, 0.5) is 0 Å². The highest BCUT2D eigenvalue weighted by molar-refractivity contribution is 7.98. The molecule has 2 atom stereocenters. The fourth-order valence-electron chi connectivity index (χ4n) is 2.93. The zero-order valence-electron chi connectivity index (χ0n) is 16.2. The predicted octanol–water partition coefficient (Wildman–Crippen LogP) is 4.90. The van der Waals surface area contributed by atoms with E-state index in [1.54, 1.807) is 30.8 Å². The van der Waals surface area contributed by atoms with E-state index in [0.717, 1.165) is 34.6 Å². The number of aromatic amines is 1. The Balaban J connectivity index is 1.73. The van der Waals surface area contributed by atoms with E-state index in [1.165, 1.54) is 0 Å². The number of ether oxygens (including phenoxy) is 1. The number of carbonyl (C=O) groups excluding carboxylic acids is 1. The maximum Gasteiger partial charge on any atom is 0.261 e. The quantitative estimate of drug-likeness (QED) is 0.546. The average molecular weight is 418 g/mol. The van der Waals surface area contributed by atoms with E-state index in [2.05, 4.69) is 15.3 Å². The molecule has 148 valence electrons. The second kappa shape index (κ2) is 9.34. The third kappa shape index (κ3) is 5.00. The number of halogens is 1. The number of benzene rings is 2. The predicted molar refractivity (Wildman–Crippen MR) is 116 cm³/mol. The van der Waals surface area contributed by atoms with Crippen LogP contribution >= 0.6 is 23.4 Å². The minimum Gasteiger partial charge on any atom is -0.481 e. The minimum atomic E-state index is -0.638. The van der Waals surface area contributed by atoms with Gasteiger partial charge < -0.3 is 15.0 Å². The number of hydrogen-bond acceptors (Lipinski definition) is 4. The van der Waals surface area contributed by atoms with E-state index in [-0.39, 0.29) is 11.9 Å². The summed E-state index contributed by atoms with van der Waals surface area (Å²) in [6.45, 7) is 3.65. The Bertz CT molecular complexity index is 927. The summed E-state index contributed by atoms with van der Waals surface area (Å²) in [5, 5.41) is 3.73. The number of aryl methyl sites for hydroxylation is 1. The molecule has 0 radical (unpaired) electrons. The van der Waals surface area contributed by atoms with Gasteiger partial charge in [-0.25, -0.2) is 4.98 Å². The summed E-state index contributed by atoms with van der Waals surface area (Å²) in [5.41, 5.74) is 2.74. The molecule has 3 aromatic rings. The van der Waals surface area contributed by atoms with Gasteiger partial charge >= 0.3 is 0 Å². The third-order valence-electron chi connectivity index (χ3n) is 4.47. The molecule has 0 fully saturated rings. The van der Waals surface area contributed by atoms with Crippen molar-refractivity contribution in [2.45, 2.75) is 32.4 Å². The Morgan fingerprint density at radius 3 is 2.82 bits per heavy atom. The lowest BCUT2D eigenvalue weighted by Crippen LogP contribution is -2.39. The number of nitrogens with one attached hydrogen (secondary N) is 2. The number of H-pyrrole nitrogens is 1. The molecule has 1 aromatic heterocycles. The largest absolute Gasteiger partial charge is 0.481 e. The van der Waals surface area contributed by atoms with E-state index in [9.17, 15) is 4.79 Å². The van der Waals surface area contributed by atoms with E-state index in [4.69, 9.17) is 16.3 Å². The lowest BCUT2D eigenvalue weighted by atomic mass is 10.2. The van der Waals surface area contributed by atoms with Crippen molar-refractivity contribution < 1.29 is 9.53 Å². The summed E-state index contributed by atoms with van der Waals surface area (Å²) in [4.78, 5) is 20.8. The summed E-state index contributed by atoms with van der Waals surface area (Å²) in [6, 6.07) is 13.0. The first kappa shape index (κ1) is 20.6. The molecule has 0 bridgehead atoms. The van der Waals surface area contributed by atoms with Crippen LogP contribution in [0, 0.1) is 6.92 Å². The van der Waals surface area contributed by atoms with Crippen molar-refractivity contribution in [3.05, 3.63) is 58.9 Å². The molecular formula is C21H24ClN3O2S. The molecule has 3 rings (SSSR count). The lowest BCUT2D eigenvalue weighted by molar-refractivity contribution is -0.128. The maximum absolute atomic E-state index is 12.8. The number of imidazole rings is 1. The van der Waals surface area contributed by atoms with Gasteiger partial charge in [0.1, 0.15) is 11.6 Å². The van der Waals surface area contributed by atoms with Crippen molar-refractivity contribution in [1.82, 2.24) is 15.3 Å². The van der Waals surface area contributed by atoms with Crippen LogP contribution in [-0.2, 0) is 4.79 Å². The highest BCUT2D eigenvalue weighted by Crippen LogP contribution is 2.24. The average Bonchev–Trinajstić information content (AvgIpc) is 3.11. The van der Waals surface area contributed by atoms with Gasteiger partial charge in [-0.2, -0.15) is 11.8 Å². The van der Waals surface area contributed by atoms with Gasteiger partial charge in [-0.15, -0.1) is 0 Å². The van der Waals surface area contributed by atoms with E-state index < -0.39 is 6.10 Å². The van der Waals surface area contributed by atoms with Gasteiger partial charge in [0.15, 0.2) is 6.10 Å². The van der Waals surface area contributed by atoms with Gasteiger partial charge in [-0.05, 0) is 68.2 Å². The zero-order chi connectivity index (χ0) is 20.1. The van der Waals surface area contributed by atoms with Crippen LogP contribution in [0.3, 0.4) is 0 Å². The molecule has 2 aromatic carbocycles. The van der Waals surface area contributed by atoms with Crippen molar-refractivity contribution in [3.63, 3.8) is 0 Å². The number of aromatic nitrogens is 2. The van der Waals surface area contributed by atoms with Crippen LogP contribution in [0.2, 0.25) is 5.02 Å². The number of carbonyl (C=O) groups is 1. The summed E-state index contributed by atoms with van der Waals surface area (Å²) in [6.07, 6.45) is 2.19. The number of hydrogen-bond donors (Lipinski definition) is 2. The number of amides is 1. The third-order valence-corrected chi connectivity index (χ3v) is 5.35. The molecule has 5 nitrogen and oxygen atoms in total. The Labute approximate surface area is 174 Å². The number of para-hydroxylation sites is 2. The smallest absolute Gasteiger partial charge is 0.261 e. The maximum atomic E-state index is 12.8. The Kier molecular flexibility index (Phi) is 6.86. The Morgan fingerprint density at radius 1 is 1.32 bits per heavy atom. The number of nitrogens with zero attached hydrogens (tertiary/aromatic N) is 1. The van der Waals surface area contributed by atoms with Crippen LogP contribution in [0.1, 0.15) is 30.8 Å². The molecular weight excluding hydrogens is 394 g/mol. The van der Waals surface area contributed by atoms with Crippen molar-refractivity contribution >= 4 is 40.3 Å². The molecule has 1 amide bonds. The minimum absolute atomic E-state index is 0.180. The molecule has 1 heterocycles. The van der Waals surface area contributed by atoms with Crippen LogP contribution in [0.25, 0.3) is 11.0 Å². The zero-order valence-corrected chi connectivity index (χ0v) is 17.7. The molecule has 2 N–H and O–H groups in total. The Hall–Kier alpha value is -2.18. The van der Waals surface area contributed by atoms with Crippen LogP contribution < -0.4 is 10.1 Å². The molecule has 28 heavy (non-hydrogen) atoms. The van der Waals surface area contributed by atoms with Crippen LogP contribution in [-0.4, -0.2) is 34.0 Å². The summed E-state index contributed by atoms with van der Waals surface area (Å²) >= 11 is 7.72. The fraction of sp³-hybridized carbons (Fsp3) is 0.333. The molecule has 0 aliphatic carbocycles. The van der Waals surface area contributed by atoms with E-state index >= 15 is 0 Å². The second-order valence-electron chi connectivity index (χ2n) is 6.65. The van der Waals surface area contributed by atoms with Gasteiger partial charge in [0, 0.05) is 5.02 Å². The van der Waals surface area contributed by atoms with E-state index in [0.29, 0.717) is 10.8 Å². The molecule has 7 heteroatoms.